The zero-order valence-corrected chi connectivity index (χ0v) is 18.6. The van der Waals surface area contributed by atoms with Crippen LogP contribution in [0.5, 0.6) is 0 Å². The quantitative estimate of drug-likeness (QED) is 0.433. The summed E-state index contributed by atoms with van der Waals surface area (Å²) >= 11 is 0. The highest BCUT2D eigenvalue weighted by Crippen LogP contribution is 2.24. The van der Waals surface area contributed by atoms with E-state index in [-0.39, 0.29) is 11.8 Å². The van der Waals surface area contributed by atoms with Crippen molar-refractivity contribution in [2.75, 3.05) is 25.0 Å². The number of pyridine rings is 1. The highest BCUT2D eigenvalue weighted by Gasteiger charge is 2.26. The minimum absolute atomic E-state index is 0.130. The lowest BCUT2D eigenvalue weighted by Crippen LogP contribution is -2.42. The maximum Gasteiger partial charge on any atom is 0.222 e. The lowest BCUT2D eigenvalue weighted by molar-refractivity contribution is -0.122. The van der Waals surface area contributed by atoms with Crippen molar-refractivity contribution in [3.05, 3.63) is 40.9 Å². The van der Waals surface area contributed by atoms with Gasteiger partial charge in [-0.2, -0.15) is 0 Å². The molecule has 168 valence electrons. The van der Waals surface area contributed by atoms with Crippen molar-refractivity contribution < 1.29 is 9.32 Å². The fourth-order valence-electron chi connectivity index (χ4n) is 3.96. The number of hydrogen-bond acceptors (Lipinski definition) is 6. The van der Waals surface area contributed by atoms with E-state index in [1.165, 1.54) is 0 Å². The summed E-state index contributed by atoms with van der Waals surface area (Å²) in [6, 6.07) is 3.96. The Morgan fingerprint density at radius 1 is 1.32 bits per heavy atom. The molecule has 2 aromatic heterocycles. The number of aromatic nitrogens is 2. The molecular formula is C22H33N7O2. The van der Waals surface area contributed by atoms with E-state index in [0.717, 1.165) is 60.6 Å². The van der Waals surface area contributed by atoms with Gasteiger partial charge in [0.1, 0.15) is 11.6 Å². The predicted molar refractivity (Wildman–Crippen MR) is 121 cm³/mol. The first-order valence-corrected chi connectivity index (χ1v) is 11.0. The van der Waals surface area contributed by atoms with Crippen molar-refractivity contribution in [1.82, 2.24) is 20.8 Å². The van der Waals surface area contributed by atoms with E-state index in [2.05, 4.69) is 44.5 Å². The molecule has 1 fully saturated rings. The van der Waals surface area contributed by atoms with Crippen LogP contribution in [0.4, 0.5) is 5.82 Å². The first-order valence-electron chi connectivity index (χ1n) is 11.0. The van der Waals surface area contributed by atoms with Crippen LogP contribution in [0.3, 0.4) is 0 Å². The van der Waals surface area contributed by atoms with Crippen LogP contribution >= 0.6 is 0 Å². The summed E-state index contributed by atoms with van der Waals surface area (Å²) in [4.78, 5) is 22.7. The highest BCUT2D eigenvalue weighted by molar-refractivity contribution is 5.80. The van der Waals surface area contributed by atoms with E-state index in [1.807, 2.05) is 12.1 Å². The molecule has 9 nitrogen and oxygen atoms in total. The molecule has 3 rings (SSSR count). The number of amides is 1. The number of rotatable bonds is 8. The van der Waals surface area contributed by atoms with Gasteiger partial charge in [-0.15, -0.1) is 0 Å². The molecule has 0 aliphatic carbocycles. The Morgan fingerprint density at radius 2 is 2.13 bits per heavy atom. The van der Waals surface area contributed by atoms with Crippen molar-refractivity contribution in [1.29, 1.82) is 0 Å². The number of nitrogens with zero attached hydrogens (tertiary/aromatic N) is 4. The van der Waals surface area contributed by atoms with E-state index >= 15 is 0 Å². The van der Waals surface area contributed by atoms with E-state index in [1.54, 1.807) is 13.2 Å². The second-order valence-electron chi connectivity index (χ2n) is 7.69. The van der Waals surface area contributed by atoms with Crippen molar-refractivity contribution >= 4 is 17.7 Å². The summed E-state index contributed by atoms with van der Waals surface area (Å²) in [5.74, 6) is 2.11. The Balaban J connectivity index is 1.64. The number of anilines is 1. The fourth-order valence-corrected chi connectivity index (χ4v) is 3.96. The van der Waals surface area contributed by atoms with Gasteiger partial charge in [-0.3, -0.25) is 9.79 Å². The number of nitrogens with two attached hydrogens (primary N) is 1. The van der Waals surface area contributed by atoms with Gasteiger partial charge in [0.05, 0.1) is 11.6 Å². The number of aryl methyl sites for hydroxylation is 2. The Kier molecular flexibility index (Phi) is 7.86. The molecule has 9 heteroatoms. The van der Waals surface area contributed by atoms with Crippen LogP contribution in [0, 0.1) is 5.92 Å². The van der Waals surface area contributed by atoms with Gasteiger partial charge in [-0.25, -0.2) is 4.98 Å². The van der Waals surface area contributed by atoms with Gasteiger partial charge in [-0.1, -0.05) is 25.1 Å². The number of hydrogen-bond donors (Lipinski definition) is 3. The summed E-state index contributed by atoms with van der Waals surface area (Å²) in [7, 11) is 1.75. The van der Waals surface area contributed by atoms with Crippen LogP contribution in [0.25, 0.3) is 0 Å². The van der Waals surface area contributed by atoms with Crippen molar-refractivity contribution in [3.8, 4) is 0 Å². The summed E-state index contributed by atoms with van der Waals surface area (Å²) in [6.45, 7) is 6.77. The third-order valence-electron chi connectivity index (χ3n) is 5.70. The maximum absolute atomic E-state index is 11.7. The number of piperidine rings is 1. The zero-order chi connectivity index (χ0) is 22.2. The molecule has 1 unspecified atom stereocenters. The molecule has 0 spiro atoms. The van der Waals surface area contributed by atoms with Gasteiger partial charge >= 0.3 is 0 Å². The molecule has 3 heterocycles. The van der Waals surface area contributed by atoms with Gasteiger partial charge in [0.15, 0.2) is 5.96 Å². The minimum Gasteiger partial charge on any atom is -0.369 e. The summed E-state index contributed by atoms with van der Waals surface area (Å²) in [6.07, 6.45) is 5.18. The van der Waals surface area contributed by atoms with E-state index in [4.69, 9.17) is 10.3 Å². The van der Waals surface area contributed by atoms with Crippen molar-refractivity contribution in [2.45, 2.75) is 52.6 Å². The number of carbonyl (C=O) groups is 1. The molecule has 1 aliphatic rings. The molecule has 1 aliphatic heterocycles. The SMILES string of the molecule is CCc1noc(CC)c1CNC(=NC)NCc1cccnc1N1CCCC(C(N)=O)C1. The Morgan fingerprint density at radius 3 is 2.84 bits per heavy atom. The smallest absolute Gasteiger partial charge is 0.222 e. The Bertz CT molecular complexity index is 888. The second kappa shape index (κ2) is 10.8. The van der Waals surface area contributed by atoms with Crippen LogP contribution in [-0.2, 0) is 30.7 Å². The third kappa shape index (κ3) is 5.53. The summed E-state index contributed by atoms with van der Waals surface area (Å²) < 4.78 is 5.44. The van der Waals surface area contributed by atoms with E-state index in [9.17, 15) is 4.79 Å². The lowest BCUT2D eigenvalue weighted by atomic mass is 9.97. The van der Waals surface area contributed by atoms with Crippen LogP contribution in [-0.4, -0.2) is 42.1 Å². The van der Waals surface area contributed by atoms with Gasteiger partial charge in [0.2, 0.25) is 5.91 Å². The number of primary amides is 1. The third-order valence-corrected chi connectivity index (χ3v) is 5.70. The minimum atomic E-state index is -0.239. The average molecular weight is 428 g/mol. The highest BCUT2D eigenvalue weighted by atomic mass is 16.5. The average Bonchev–Trinajstić information content (AvgIpc) is 3.21. The topological polar surface area (TPSA) is 122 Å². The number of nitrogens with one attached hydrogen (secondary N) is 2. The Hall–Kier alpha value is -3.10. The van der Waals surface area contributed by atoms with E-state index < -0.39 is 0 Å². The molecule has 0 aromatic carbocycles. The van der Waals surface area contributed by atoms with Crippen LogP contribution in [0.15, 0.2) is 27.8 Å². The van der Waals surface area contributed by atoms with Crippen LogP contribution in [0.2, 0.25) is 0 Å². The standard InChI is InChI=1S/C22H33N7O2/c1-4-18-17(19(5-2)31-28-18)13-27-22(24-3)26-12-15-8-6-10-25-21(15)29-11-7-9-16(14-29)20(23)30/h6,8,10,16H,4-5,7,9,11-14H2,1-3H3,(H2,23,30)(H2,24,26,27). The van der Waals surface area contributed by atoms with E-state index in [0.29, 0.717) is 25.6 Å². The maximum atomic E-state index is 11.7. The number of aliphatic imine (C=N–C) groups is 1. The largest absolute Gasteiger partial charge is 0.369 e. The van der Waals surface area contributed by atoms with Crippen molar-refractivity contribution in [2.24, 2.45) is 16.6 Å². The van der Waals surface area contributed by atoms with Gasteiger partial charge in [0.25, 0.3) is 0 Å². The number of guanidine groups is 1. The molecule has 1 saturated heterocycles. The molecular weight excluding hydrogens is 394 g/mol. The molecule has 1 amide bonds. The van der Waals surface area contributed by atoms with Gasteiger partial charge in [-0.05, 0) is 25.3 Å². The van der Waals surface area contributed by atoms with Crippen molar-refractivity contribution in [3.63, 3.8) is 0 Å². The lowest BCUT2D eigenvalue weighted by Gasteiger charge is -2.33. The summed E-state index contributed by atoms with van der Waals surface area (Å²) in [5, 5.41) is 10.9. The molecule has 0 radical (unpaired) electrons. The molecule has 0 bridgehead atoms. The molecule has 0 saturated carbocycles. The monoisotopic (exact) mass is 427 g/mol. The molecule has 1 atom stereocenters. The fraction of sp³-hybridized carbons (Fsp3) is 0.545. The zero-order valence-electron chi connectivity index (χ0n) is 18.6. The van der Waals surface area contributed by atoms with Crippen LogP contribution < -0.4 is 21.3 Å². The first kappa shape index (κ1) is 22.6. The predicted octanol–water partition coefficient (Wildman–Crippen LogP) is 1.76. The molecule has 4 N–H and O–H groups in total. The second-order valence-corrected chi connectivity index (χ2v) is 7.69. The van der Waals surface area contributed by atoms with Gasteiger partial charge < -0.3 is 25.8 Å². The number of carbonyl (C=O) groups excluding carboxylic acids is 1. The molecule has 2 aromatic rings. The normalized spacial score (nSPS) is 16.9. The van der Waals surface area contributed by atoms with Crippen LogP contribution in [0.1, 0.15) is 49.3 Å². The van der Waals surface area contributed by atoms with Gasteiger partial charge in [0, 0.05) is 57.0 Å². The molecule has 31 heavy (non-hydrogen) atoms. The summed E-state index contributed by atoms with van der Waals surface area (Å²) in [5.41, 5.74) is 8.66. The first-order chi connectivity index (χ1) is 15.1. The Labute approximate surface area is 183 Å².